The maximum Gasteiger partial charge on any atom is 0.236 e. The van der Waals surface area contributed by atoms with Gasteiger partial charge in [0.1, 0.15) is 6.29 Å². The number of fused-ring (bicyclic) bond motifs is 1. The molecule has 1 amide bonds. The third kappa shape index (κ3) is 11.4. The van der Waals surface area contributed by atoms with Crippen LogP contribution in [0.2, 0.25) is 0 Å². The molecule has 5 heteroatoms. The van der Waals surface area contributed by atoms with Gasteiger partial charge in [-0.05, 0) is 50.2 Å². The van der Waals surface area contributed by atoms with Crippen LogP contribution in [0.15, 0.2) is 43.0 Å². The van der Waals surface area contributed by atoms with Gasteiger partial charge in [0.25, 0.3) is 0 Å². The Kier molecular flexibility index (Phi) is 19.9. The summed E-state index contributed by atoms with van der Waals surface area (Å²) in [6, 6.07) is 6.57. The number of carbonyl (C=O) groups is 2. The lowest BCUT2D eigenvalue weighted by Crippen LogP contribution is -2.46. The fraction of sp³-hybridized carbons (Fsp3) is 0.676. The normalized spacial score (nSPS) is 18.6. The number of likely N-dealkylation sites (tertiary alicyclic amines) is 1. The van der Waals surface area contributed by atoms with Crippen molar-refractivity contribution in [2.45, 2.75) is 118 Å². The quantitative estimate of drug-likeness (QED) is 0.153. The first-order valence-corrected chi connectivity index (χ1v) is 17.1. The fourth-order valence-electron chi connectivity index (χ4n) is 6.22. The molecule has 0 bridgehead atoms. The molecule has 1 aromatic carbocycles. The highest BCUT2D eigenvalue weighted by Crippen LogP contribution is 2.48. The molecule has 1 aromatic rings. The van der Waals surface area contributed by atoms with Crippen molar-refractivity contribution >= 4 is 17.9 Å². The van der Waals surface area contributed by atoms with Gasteiger partial charge in [0, 0.05) is 55.9 Å². The first kappa shape index (κ1) is 37.6. The molecule has 2 aliphatic rings. The van der Waals surface area contributed by atoms with E-state index in [-0.39, 0.29) is 5.91 Å². The molecule has 0 N–H and O–H groups in total. The van der Waals surface area contributed by atoms with Crippen molar-refractivity contribution in [3.8, 4) is 0 Å². The van der Waals surface area contributed by atoms with Gasteiger partial charge < -0.3 is 9.80 Å². The molecule has 42 heavy (non-hydrogen) atoms. The van der Waals surface area contributed by atoms with Crippen molar-refractivity contribution in [3.63, 3.8) is 0 Å². The summed E-state index contributed by atoms with van der Waals surface area (Å²) in [5.74, 6) is 1.28. The number of allylic oxidation sites excluding steroid dienone is 1. The minimum Gasteiger partial charge on any atom is -0.366 e. The highest BCUT2D eigenvalue weighted by molar-refractivity contribution is 5.80. The standard InChI is InChI=1S/C31H47N3O2.C4H10.C2H6/c1-5-9-17-32(23-30(36)33-18-11-10-12-19-33)20-21-34-28(14-7-3)31(26(8-4)13-6-2)27-16-15-25(24-35)22-29(27)34;1-3-4-2;1-2/h5,7,9,15-16,22,24,26,28,31H,3,6,8,10-14,17-21,23H2,1-2,4H3;3-4H2,1-2H3;1-2H3/b9-5+;;. The number of hydrogen-bond donors (Lipinski definition) is 0. The number of amides is 1. The third-order valence-corrected chi connectivity index (χ3v) is 8.60. The predicted molar refractivity (Wildman–Crippen MR) is 183 cm³/mol. The van der Waals surface area contributed by atoms with Crippen LogP contribution in [-0.4, -0.2) is 67.3 Å². The summed E-state index contributed by atoms with van der Waals surface area (Å²) in [6.07, 6.45) is 17.7. The molecule has 3 unspecified atom stereocenters. The molecule has 3 rings (SSSR count). The third-order valence-electron chi connectivity index (χ3n) is 8.60. The summed E-state index contributed by atoms with van der Waals surface area (Å²) in [4.78, 5) is 31.6. The summed E-state index contributed by atoms with van der Waals surface area (Å²) >= 11 is 0. The van der Waals surface area contributed by atoms with E-state index in [1.165, 1.54) is 43.4 Å². The van der Waals surface area contributed by atoms with E-state index in [1.54, 1.807) is 0 Å². The van der Waals surface area contributed by atoms with E-state index in [9.17, 15) is 9.59 Å². The van der Waals surface area contributed by atoms with Gasteiger partial charge in [-0.3, -0.25) is 14.5 Å². The second-order valence-corrected chi connectivity index (χ2v) is 11.4. The first-order valence-electron chi connectivity index (χ1n) is 17.1. The van der Waals surface area contributed by atoms with Gasteiger partial charge in [-0.25, -0.2) is 0 Å². The van der Waals surface area contributed by atoms with Crippen molar-refractivity contribution in [2.24, 2.45) is 5.92 Å². The Morgan fingerprint density at radius 1 is 1.07 bits per heavy atom. The Balaban J connectivity index is 0.00000135. The minimum atomic E-state index is 0.249. The number of piperidine rings is 1. The van der Waals surface area contributed by atoms with E-state index < -0.39 is 0 Å². The van der Waals surface area contributed by atoms with E-state index in [4.69, 9.17) is 0 Å². The summed E-state index contributed by atoms with van der Waals surface area (Å²) in [6.45, 7) is 23.7. The molecule has 3 atom stereocenters. The van der Waals surface area contributed by atoms with Crippen LogP contribution >= 0.6 is 0 Å². The lowest BCUT2D eigenvalue weighted by Gasteiger charge is -2.35. The second-order valence-electron chi connectivity index (χ2n) is 11.4. The van der Waals surface area contributed by atoms with Crippen LogP contribution in [-0.2, 0) is 4.79 Å². The van der Waals surface area contributed by atoms with Crippen LogP contribution in [0.4, 0.5) is 5.69 Å². The highest BCUT2D eigenvalue weighted by atomic mass is 16.2. The van der Waals surface area contributed by atoms with Crippen molar-refractivity contribution in [2.75, 3.05) is 44.2 Å². The van der Waals surface area contributed by atoms with Crippen LogP contribution in [0.1, 0.15) is 128 Å². The molecule has 2 aliphatic heterocycles. The largest absolute Gasteiger partial charge is 0.366 e. The molecule has 5 nitrogen and oxygen atoms in total. The lowest BCUT2D eigenvalue weighted by molar-refractivity contribution is -0.133. The van der Waals surface area contributed by atoms with E-state index in [0.29, 0.717) is 24.4 Å². The number of rotatable bonds is 15. The number of nitrogens with zero attached hydrogens (tertiary/aromatic N) is 3. The fourth-order valence-corrected chi connectivity index (χ4v) is 6.22. The Morgan fingerprint density at radius 3 is 2.31 bits per heavy atom. The van der Waals surface area contributed by atoms with E-state index in [2.05, 4.69) is 68.4 Å². The van der Waals surface area contributed by atoms with E-state index in [0.717, 1.165) is 70.3 Å². The molecular weight excluding hydrogens is 518 g/mol. The van der Waals surface area contributed by atoms with Gasteiger partial charge in [0.15, 0.2) is 0 Å². The van der Waals surface area contributed by atoms with Crippen molar-refractivity contribution in [3.05, 3.63) is 54.1 Å². The van der Waals surface area contributed by atoms with Crippen LogP contribution in [0, 0.1) is 5.92 Å². The number of aldehydes is 1. The van der Waals surface area contributed by atoms with Gasteiger partial charge in [-0.1, -0.05) is 104 Å². The number of unbranched alkanes of at least 4 members (excludes halogenated alkanes) is 1. The average Bonchev–Trinajstić information content (AvgIpc) is 3.34. The number of hydrogen-bond acceptors (Lipinski definition) is 4. The molecule has 0 spiro atoms. The number of anilines is 1. The Hall–Kier alpha value is -2.40. The van der Waals surface area contributed by atoms with Gasteiger partial charge in [0.05, 0.1) is 6.54 Å². The Bertz CT molecular complexity index is 920. The maximum atomic E-state index is 13.1. The van der Waals surface area contributed by atoms with E-state index >= 15 is 0 Å². The van der Waals surface area contributed by atoms with Crippen LogP contribution in [0.25, 0.3) is 0 Å². The summed E-state index contributed by atoms with van der Waals surface area (Å²) < 4.78 is 0. The highest BCUT2D eigenvalue weighted by Gasteiger charge is 2.41. The lowest BCUT2D eigenvalue weighted by atomic mass is 9.78. The molecule has 0 radical (unpaired) electrons. The molecule has 0 aromatic heterocycles. The van der Waals surface area contributed by atoms with E-state index in [1.807, 2.05) is 37.8 Å². The number of benzene rings is 1. The zero-order valence-electron chi connectivity index (χ0n) is 28.2. The number of carbonyl (C=O) groups excluding carboxylic acids is 2. The van der Waals surface area contributed by atoms with Crippen molar-refractivity contribution < 1.29 is 9.59 Å². The SMILES string of the molecule is C=CCC1C(C(CC)CCC)c2ccc(C=O)cc2N1CCN(C/C=C/C)CC(=O)N1CCCCC1.CC.CCCC. The van der Waals surface area contributed by atoms with Crippen molar-refractivity contribution in [1.82, 2.24) is 9.80 Å². The van der Waals surface area contributed by atoms with Gasteiger partial charge in [0.2, 0.25) is 5.91 Å². The second kappa shape index (κ2) is 22.2. The zero-order valence-corrected chi connectivity index (χ0v) is 28.2. The van der Waals surface area contributed by atoms with Crippen LogP contribution < -0.4 is 4.90 Å². The van der Waals surface area contributed by atoms with Gasteiger partial charge >= 0.3 is 0 Å². The van der Waals surface area contributed by atoms with Crippen LogP contribution in [0.5, 0.6) is 0 Å². The smallest absolute Gasteiger partial charge is 0.236 e. The predicted octanol–water partition coefficient (Wildman–Crippen LogP) is 8.90. The Labute approximate surface area is 259 Å². The van der Waals surface area contributed by atoms with Gasteiger partial charge in [-0.15, -0.1) is 6.58 Å². The monoisotopic (exact) mass is 581 g/mol. The average molecular weight is 582 g/mol. The summed E-state index contributed by atoms with van der Waals surface area (Å²) in [5.41, 5.74) is 3.29. The molecule has 0 saturated carbocycles. The van der Waals surface area contributed by atoms with Gasteiger partial charge in [-0.2, -0.15) is 0 Å². The summed E-state index contributed by atoms with van der Waals surface area (Å²) in [7, 11) is 0. The molecular formula is C37H63N3O2. The minimum absolute atomic E-state index is 0.249. The molecule has 2 heterocycles. The molecule has 238 valence electrons. The molecule has 1 fully saturated rings. The summed E-state index contributed by atoms with van der Waals surface area (Å²) in [5, 5.41) is 0. The molecule has 1 saturated heterocycles. The van der Waals surface area contributed by atoms with Crippen LogP contribution in [0.3, 0.4) is 0 Å². The maximum absolute atomic E-state index is 13.1. The first-order chi connectivity index (χ1) is 20.5. The van der Waals surface area contributed by atoms with Crippen molar-refractivity contribution in [1.29, 1.82) is 0 Å². The Morgan fingerprint density at radius 2 is 1.76 bits per heavy atom. The molecule has 0 aliphatic carbocycles. The zero-order chi connectivity index (χ0) is 31.3. The topological polar surface area (TPSA) is 43.9 Å².